The molecule has 0 aromatic rings. The van der Waals surface area contributed by atoms with E-state index in [1.54, 1.807) is 0 Å². The van der Waals surface area contributed by atoms with Crippen molar-refractivity contribution < 1.29 is 4.79 Å². The Labute approximate surface area is 64.0 Å². The molecule has 0 bridgehead atoms. The van der Waals surface area contributed by atoms with Crippen LogP contribution in [0.25, 0.3) is 0 Å². The maximum Gasteiger partial charge on any atom is 0.220 e. The van der Waals surface area contributed by atoms with Gasteiger partial charge in [-0.3, -0.25) is 4.79 Å². The SMILES string of the molecule is C.CCCC(=O)NC(C)C. The lowest BCUT2D eigenvalue weighted by Gasteiger charge is -2.05. The van der Waals surface area contributed by atoms with E-state index in [2.05, 4.69) is 5.32 Å². The Morgan fingerprint density at radius 2 is 2.00 bits per heavy atom. The summed E-state index contributed by atoms with van der Waals surface area (Å²) in [7, 11) is 0. The van der Waals surface area contributed by atoms with E-state index in [1.165, 1.54) is 0 Å². The monoisotopic (exact) mass is 145 g/mol. The smallest absolute Gasteiger partial charge is 0.220 e. The number of carbonyl (C=O) groups is 1. The summed E-state index contributed by atoms with van der Waals surface area (Å²) in [6, 6.07) is 0.282. The molecule has 0 spiro atoms. The third kappa shape index (κ3) is 7.47. The fourth-order valence-corrected chi connectivity index (χ4v) is 0.621. The van der Waals surface area contributed by atoms with Gasteiger partial charge in [0.2, 0.25) is 5.91 Å². The number of hydrogen-bond donors (Lipinski definition) is 1. The highest BCUT2D eigenvalue weighted by Gasteiger charge is 1.98. The summed E-state index contributed by atoms with van der Waals surface area (Å²) in [6.45, 7) is 5.93. The zero-order valence-electron chi connectivity index (χ0n) is 6.40. The van der Waals surface area contributed by atoms with Crippen molar-refractivity contribution in [3.05, 3.63) is 0 Å². The minimum Gasteiger partial charge on any atom is -0.354 e. The molecule has 0 aliphatic heterocycles. The van der Waals surface area contributed by atoms with E-state index in [0.29, 0.717) is 6.42 Å². The van der Waals surface area contributed by atoms with Crippen molar-refractivity contribution in [3.63, 3.8) is 0 Å². The molecule has 1 N–H and O–H groups in total. The molecule has 62 valence electrons. The van der Waals surface area contributed by atoms with Crippen molar-refractivity contribution >= 4 is 5.91 Å². The van der Waals surface area contributed by atoms with Gasteiger partial charge in [0.25, 0.3) is 0 Å². The average Bonchev–Trinajstić information content (AvgIpc) is 1.63. The number of nitrogens with one attached hydrogen (secondary N) is 1. The molecule has 0 saturated heterocycles. The Hall–Kier alpha value is -0.530. The molecule has 0 atom stereocenters. The summed E-state index contributed by atoms with van der Waals surface area (Å²) < 4.78 is 0. The third-order valence-corrected chi connectivity index (χ3v) is 0.927. The summed E-state index contributed by atoms with van der Waals surface area (Å²) >= 11 is 0. The second kappa shape index (κ2) is 6.59. The molecule has 1 amide bonds. The summed E-state index contributed by atoms with van der Waals surface area (Å²) in [4.78, 5) is 10.7. The first-order chi connectivity index (χ1) is 4.16. The first-order valence-corrected chi connectivity index (χ1v) is 3.46. The Bertz CT molecular complexity index is 89.3. The van der Waals surface area contributed by atoms with Crippen LogP contribution in [-0.4, -0.2) is 11.9 Å². The quantitative estimate of drug-likeness (QED) is 0.646. The number of carbonyl (C=O) groups excluding carboxylic acids is 1. The summed E-state index contributed by atoms with van der Waals surface area (Å²) in [5, 5.41) is 2.80. The van der Waals surface area contributed by atoms with Crippen LogP contribution in [0.4, 0.5) is 0 Å². The Morgan fingerprint density at radius 3 is 2.30 bits per heavy atom. The average molecular weight is 145 g/mol. The lowest BCUT2D eigenvalue weighted by molar-refractivity contribution is -0.121. The number of amides is 1. The summed E-state index contributed by atoms with van der Waals surface area (Å²) in [5.74, 6) is 0.160. The molecule has 0 saturated carbocycles. The minimum atomic E-state index is 0. The number of hydrogen-bond acceptors (Lipinski definition) is 1. The van der Waals surface area contributed by atoms with Gasteiger partial charge in [0.05, 0.1) is 0 Å². The Morgan fingerprint density at radius 1 is 1.50 bits per heavy atom. The van der Waals surface area contributed by atoms with Gasteiger partial charge in [-0.1, -0.05) is 14.4 Å². The minimum absolute atomic E-state index is 0. The van der Waals surface area contributed by atoms with Gasteiger partial charge < -0.3 is 5.32 Å². The molecule has 0 unspecified atom stereocenters. The van der Waals surface area contributed by atoms with Gasteiger partial charge in [0.1, 0.15) is 0 Å². The summed E-state index contributed by atoms with van der Waals surface area (Å²) in [6.07, 6.45) is 1.58. The molecule has 10 heavy (non-hydrogen) atoms. The first-order valence-electron chi connectivity index (χ1n) is 3.46. The van der Waals surface area contributed by atoms with Gasteiger partial charge in [-0.15, -0.1) is 0 Å². The van der Waals surface area contributed by atoms with Crippen LogP contribution in [-0.2, 0) is 4.79 Å². The summed E-state index contributed by atoms with van der Waals surface area (Å²) in [5.41, 5.74) is 0. The molecule has 0 aliphatic carbocycles. The van der Waals surface area contributed by atoms with E-state index >= 15 is 0 Å². The van der Waals surface area contributed by atoms with Crippen LogP contribution in [0.3, 0.4) is 0 Å². The van der Waals surface area contributed by atoms with Gasteiger partial charge in [-0.2, -0.15) is 0 Å². The van der Waals surface area contributed by atoms with Crippen LogP contribution in [0.15, 0.2) is 0 Å². The van der Waals surface area contributed by atoms with Crippen molar-refractivity contribution in [3.8, 4) is 0 Å². The van der Waals surface area contributed by atoms with Crippen LogP contribution in [0, 0.1) is 0 Å². The van der Waals surface area contributed by atoms with Crippen molar-refractivity contribution in [1.29, 1.82) is 0 Å². The van der Waals surface area contributed by atoms with E-state index in [4.69, 9.17) is 0 Å². The predicted octanol–water partition coefficient (Wildman–Crippen LogP) is 1.95. The van der Waals surface area contributed by atoms with Crippen molar-refractivity contribution in [2.24, 2.45) is 0 Å². The second-order valence-corrected chi connectivity index (χ2v) is 2.47. The Balaban J connectivity index is 0. The molecule has 0 radical (unpaired) electrons. The van der Waals surface area contributed by atoms with Crippen molar-refractivity contribution in [2.75, 3.05) is 0 Å². The van der Waals surface area contributed by atoms with Crippen LogP contribution in [0.5, 0.6) is 0 Å². The fourth-order valence-electron chi connectivity index (χ4n) is 0.621. The topological polar surface area (TPSA) is 29.1 Å². The van der Waals surface area contributed by atoms with Crippen molar-refractivity contribution in [1.82, 2.24) is 5.32 Å². The standard InChI is InChI=1S/C7H15NO.CH4/c1-4-5-7(9)8-6(2)3;/h6H,4-5H2,1-3H3,(H,8,9);1H4. The van der Waals surface area contributed by atoms with Gasteiger partial charge in [-0.05, 0) is 20.3 Å². The van der Waals surface area contributed by atoms with Gasteiger partial charge in [0, 0.05) is 12.5 Å². The molecule has 0 heterocycles. The van der Waals surface area contributed by atoms with Crippen LogP contribution < -0.4 is 5.32 Å². The van der Waals surface area contributed by atoms with Gasteiger partial charge in [0.15, 0.2) is 0 Å². The normalized spacial score (nSPS) is 8.80. The highest BCUT2D eigenvalue weighted by molar-refractivity contribution is 5.75. The zero-order chi connectivity index (χ0) is 7.28. The highest BCUT2D eigenvalue weighted by Crippen LogP contribution is 1.86. The van der Waals surface area contributed by atoms with E-state index in [9.17, 15) is 4.79 Å². The van der Waals surface area contributed by atoms with E-state index < -0.39 is 0 Å². The largest absolute Gasteiger partial charge is 0.354 e. The molecule has 0 aliphatic rings. The van der Waals surface area contributed by atoms with E-state index in [1.807, 2.05) is 20.8 Å². The molecular formula is C8H19NO. The fraction of sp³-hybridized carbons (Fsp3) is 0.875. The highest BCUT2D eigenvalue weighted by atomic mass is 16.1. The predicted molar refractivity (Wildman–Crippen MR) is 44.9 cm³/mol. The Kier molecular flexibility index (Phi) is 8.02. The van der Waals surface area contributed by atoms with E-state index in [-0.39, 0.29) is 19.4 Å². The lowest BCUT2D eigenvalue weighted by Crippen LogP contribution is -2.29. The number of rotatable bonds is 3. The molecular weight excluding hydrogens is 126 g/mol. The maximum atomic E-state index is 10.7. The van der Waals surface area contributed by atoms with Crippen molar-refractivity contribution in [2.45, 2.75) is 47.1 Å². The zero-order valence-corrected chi connectivity index (χ0v) is 6.40. The molecule has 0 aromatic carbocycles. The maximum absolute atomic E-state index is 10.7. The van der Waals surface area contributed by atoms with Crippen LogP contribution in [0.2, 0.25) is 0 Å². The molecule has 0 rings (SSSR count). The van der Waals surface area contributed by atoms with Crippen LogP contribution in [0.1, 0.15) is 41.0 Å². The van der Waals surface area contributed by atoms with Gasteiger partial charge in [-0.25, -0.2) is 0 Å². The molecule has 2 heteroatoms. The third-order valence-electron chi connectivity index (χ3n) is 0.927. The lowest BCUT2D eigenvalue weighted by atomic mass is 10.3. The first kappa shape index (κ1) is 12.2. The van der Waals surface area contributed by atoms with Gasteiger partial charge >= 0.3 is 0 Å². The van der Waals surface area contributed by atoms with Crippen LogP contribution >= 0.6 is 0 Å². The second-order valence-electron chi connectivity index (χ2n) is 2.47. The molecule has 2 nitrogen and oxygen atoms in total. The molecule has 0 aromatic heterocycles. The van der Waals surface area contributed by atoms with E-state index in [0.717, 1.165) is 6.42 Å². The molecule has 0 fully saturated rings.